The molecule has 1 unspecified atom stereocenters. The first-order chi connectivity index (χ1) is 13.2. The number of likely N-dealkylation sites (N-methyl/N-ethyl adjacent to an activating group) is 1. The number of hydrogen-bond acceptors (Lipinski definition) is 4. The molecule has 148 valence electrons. The van der Waals surface area contributed by atoms with Crippen LogP contribution in [0.4, 0.5) is 0 Å². The van der Waals surface area contributed by atoms with E-state index in [0.717, 1.165) is 29.0 Å². The van der Waals surface area contributed by atoms with Gasteiger partial charge in [-0.25, -0.2) is 4.98 Å². The Morgan fingerprint density at radius 1 is 1.11 bits per heavy atom. The van der Waals surface area contributed by atoms with Gasteiger partial charge in [0.1, 0.15) is 11.6 Å². The molecule has 0 aliphatic heterocycles. The summed E-state index contributed by atoms with van der Waals surface area (Å²) in [4.78, 5) is 19.2. The highest BCUT2D eigenvalue weighted by Gasteiger charge is 2.24. The average Bonchev–Trinajstić information content (AvgIpc) is 3.00. The highest BCUT2D eigenvalue weighted by Crippen LogP contribution is 2.28. The molecule has 0 saturated heterocycles. The molecule has 28 heavy (non-hydrogen) atoms. The van der Waals surface area contributed by atoms with Crippen LogP contribution in [0.15, 0.2) is 48.5 Å². The Kier molecular flexibility index (Phi) is 5.57. The Morgan fingerprint density at radius 2 is 1.75 bits per heavy atom. The lowest BCUT2D eigenvalue weighted by atomic mass is 9.97. The van der Waals surface area contributed by atoms with Crippen molar-refractivity contribution in [2.24, 2.45) is 5.41 Å². The standard InChI is InChI=1S/C23H29N3O2/c1-16(25(5)6)15-26-20-10-8-7-9-19(20)24-21(26)17-11-13-18(14-12-17)28-22(27)23(2,3)4/h7-14,16H,15H2,1-6H3. The Labute approximate surface area is 166 Å². The average molecular weight is 380 g/mol. The van der Waals surface area contributed by atoms with Gasteiger partial charge >= 0.3 is 5.97 Å². The lowest BCUT2D eigenvalue weighted by Crippen LogP contribution is -2.29. The van der Waals surface area contributed by atoms with Gasteiger partial charge in [0.25, 0.3) is 0 Å². The first-order valence-corrected chi connectivity index (χ1v) is 9.61. The maximum Gasteiger partial charge on any atom is 0.316 e. The molecular weight excluding hydrogens is 350 g/mol. The van der Waals surface area contributed by atoms with Gasteiger partial charge in [-0.2, -0.15) is 0 Å². The Morgan fingerprint density at radius 3 is 2.36 bits per heavy atom. The van der Waals surface area contributed by atoms with E-state index in [2.05, 4.69) is 36.6 Å². The number of nitrogens with zero attached hydrogens (tertiary/aromatic N) is 3. The number of imidazole rings is 1. The first-order valence-electron chi connectivity index (χ1n) is 9.61. The second-order valence-electron chi connectivity index (χ2n) is 8.51. The molecule has 0 N–H and O–H groups in total. The molecule has 5 nitrogen and oxygen atoms in total. The third kappa shape index (κ3) is 4.25. The van der Waals surface area contributed by atoms with E-state index >= 15 is 0 Å². The summed E-state index contributed by atoms with van der Waals surface area (Å²) in [5.74, 6) is 1.23. The SMILES string of the molecule is CC(Cn1c(-c2ccc(OC(=O)C(C)(C)C)cc2)nc2ccccc21)N(C)C. The van der Waals surface area contributed by atoms with Crippen molar-refractivity contribution in [3.05, 3.63) is 48.5 Å². The third-order valence-corrected chi connectivity index (χ3v) is 4.92. The largest absolute Gasteiger partial charge is 0.426 e. The first kappa shape index (κ1) is 20.1. The molecule has 1 aromatic heterocycles. The second-order valence-corrected chi connectivity index (χ2v) is 8.51. The van der Waals surface area contributed by atoms with Crippen LogP contribution in [0.5, 0.6) is 5.75 Å². The summed E-state index contributed by atoms with van der Waals surface area (Å²) in [5.41, 5.74) is 2.56. The fraction of sp³-hybridized carbons (Fsp3) is 0.391. The molecule has 3 rings (SSSR count). The van der Waals surface area contributed by atoms with Crippen LogP contribution in [0.1, 0.15) is 27.7 Å². The van der Waals surface area contributed by atoms with Crippen LogP contribution >= 0.6 is 0 Å². The van der Waals surface area contributed by atoms with Gasteiger partial charge in [0.15, 0.2) is 0 Å². The molecule has 0 amide bonds. The number of hydrogen-bond donors (Lipinski definition) is 0. The topological polar surface area (TPSA) is 47.4 Å². The monoisotopic (exact) mass is 379 g/mol. The molecular formula is C23H29N3O2. The van der Waals surface area contributed by atoms with Crippen LogP contribution in [-0.4, -0.2) is 40.6 Å². The summed E-state index contributed by atoms with van der Waals surface area (Å²) in [7, 11) is 4.17. The van der Waals surface area contributed by atoms with Gasteiger partial charge in [-0.3, -0.25) is 4.79 Å². The van der Waals surface area contributed by atoms with Gasteiger partial charge in [0.2, 0.25) is 0 Å². The van der Waals surface area contributed by atoms with Gasteiger partial charge in [0, 0.05) is 18.2 Å². The molecule has 5 heteroatoms. The van der Waals surface area contributed by atoms with Crippen molar-refractivity contribution in [3.8, 4) is 17.1 Å². The Hall–Kier alpha value is -2.66. The zero-order valence-corrected chi connectivity index (χ0v) is 17.6. The van der Waals surface area contributed by atoms with E-state index in [1.54, 1.807) is 0 Å². The van der Waals surface area contributed by atoms with E-state index in [1.807, 2.05) is 63.2 Å². The molecule has 0 bridgehead atoms. The van der Waals surface area contributed by atoms with E-state index in [0.29, 0.717) is 11.8 Å². The van der Waals surface area contributed by atoms with Crippen LogP contribution in [-0.2, 0) is 11.3 Å². The number of esters is 1. The molecule has 0 aliphatic rings. The second kappa shape index (κ2) is 7.76. The number of benzene rings is 2. The minimum Gasteiger partial charge on any atom is -0.426 e. The number of fused-ring (bicyclic) bond motifs is 1. The van der Waals surface area contributed by atoms with Crippen LogP contribution in [0.25, 0.3) is 22.4 Å². The molecule has 0 saturated carbocycles. The quantitative estimate of drug-likeness (QED) is 0.480. The van der Waals surface area contributed by atoms with Crippen LogP contribution in [0, 0.1) is 5.41 Å². The van der Waals surface area contributed by atoms with Crippen molar-refractivity contribution < 1.29 is 9.53 Å². The molecule has 2 aromatic carbocycles. The normalized spacial score (nSPS) is 13.1. The number of rotatable bonds is 5. The van der Waals surface area contributed by atoms with E-state index in [1.165, 1.54) is 0 Å². The van der Waals surface area contributed by atoms with Crippen molar-refractivity contribution >= 4 is 17.0 Å². The zero-order valence-electron chi connectivity index (χ0n) is 17.6. The minimum absolute atomic E-state index is 0.243. The van der Waals surface area contributed by atoms with Crippen LogP contribution in [0.2, 0.25) is 0 Å². The zero-order chi connectivity index (χ0) is 20.5. The molecule has 0 radical (unpaired) electrons. The maximum atomic E-state index is 12.1. The molecule has 3 aromatic rings. The number of para-hydroxylation sites is 2. The van der Waals surface area contributed by atoms with E-state index in [4.69, 9.17) is 9.72 Å². The number of aromatic nitrogens is 2. The summed E-state index contributed by atoms with van der Waals surface area (Å²) in [6.45, 7) is 8.57. The van der Waals surface area contributed by atoms with Crippen molar-refractivity contribution in [3.63, 3.8) is 0 Å². The highest BCUT2D eigenvalue weighted by molar-refractivity contribution is 5.81. The Balaban J connectivity index is 1.95. The number of carbonyl (C=O) groups is 1. The van der Waals surface area contributed by atoms with E-state index < -0.39 is 5.41 Å². The van der Waals surface area contributed by atoms with Crippen molar-refractivity contribution in [1.82, 2.24) is 14.5 Å². The molecule has 0 spiro atoms. The maximum absolute atomic E-state index is 12.1. The van der Waals surface area contributed by atoms with Gasteiger partial charge in [-0.1, -0.05) is 12.1 Å². The van der Waals surface area contributed by atoms with Crippen molar-refractivity contribution in [2.75, 3.05) is 14.1 Å². The van der Waals surface area contributed by atoms with E-state index in [-0.39, 0.29) is 5.97 Å². The van der Waals surface area contributed by atoms with Gasteiger partial charge in [-0.05, 0) is 78.2 Å². The summed E-state index contributed by atoms with van der Waals surface area (Å²) in [6.07, 6.45) is 0. The lowest BCUT2D eigenvalue weighted by molar-refractivity contribution is -0.142. The van der Waals surface area contributed by atoms with Crippen molar-refractivity contribution in [1.29, 1.82) is 0 Å². The van der Waals surface area contributed by atoms with Gasteiger partial charge in [0.05, 0.1) is 16.4 Å². The molecule has 1 atom stereocenters. The smallest absolute Gasteiger partial charge is 0.316 e. The lowest BCUT2D eigenvalue weighted by Gasteiger charge is -2.22. The molecule has 0 fully saturated rings. The molecule has 0 aliphatic carbocycles. The minimum atomic E-state index is -0.533. The summed E-state index contributed by atoms with van der Waals surface area (Å²) < 4.78 is 7.74. The Bertz CT molecular complexity index is 966. The summed E-state index contributed by atoms with van der Waals surface area (Å²) in [6, 6.07) is 16.1. The number of carbonyl (C=O) groups excluding carboxylic acids is 1. The highest BCUT2D eigenvalue weighted by atomic mass is 16.5. The van der Waals surface area contributed by atoms with Crippen LogP contribution in [0.3, 0.4) is 0 Å². The number of ether oxygens (including phenoxy) is 1. The fourth-order valence-electron chi connectivity index (χ4n) is 2.84. The summed E-state index contributed by atoms with van der Waals surface area (Å²) in [5, 5.41) is 0. The van der Waals surface area contributed by atoms with Gasteiger partial charge in [-0.15, -0.1) is 0 Å². The predicted molar refractivity (Wildman–Crippen MR) is 113 cm³/mol. The summed E-state index contributed by atoms with van der Waals surface area (Å²) >= 11 is 0. The van der Waals surface area contributed by atoms with E-state index in [9.17, 15) is 4.79 Å². The fourth-order valence-corrected chi connectivity index (χ4v) is 2.84. The third-order valence-electron chi connectivity index (χ3n) is 4.92. The molecule has 1 heterocycles. The van der Waals surface area contributed by atoms with Crippen LogP contribution < -0.4 is 4.74 Å². The predicted octanol–water partition coefficient (Wildman–Crippen LogP) is 4.60. The van der Waals surface area contributed by atoms with Gasteiger partial charge < -0.3 is 14.2 Å². The van der Waals surface area contributed by atoms with Crippen molar-refractivity contribution in [2.45, 2.75) is 40.3 Å².